The van der Waals surface area contributed by atoms with E-state index in [9.17, 15) is 14.4 Å². The Labute approximate surface area is 158 Å². The minimum Gasteiger partial charge on any atom is -0.455 e. The average molecular weight is 369 g/mol. The number of rotatable bonds is 7. The summed E-state index contributed by atoms with van der Waals surface area (Å²) in [6.45, 7) is 1.07. The van der Waals surface area contributed by atoms with Gasteiger partial charge in [0, 0.05) is 38.1 Å². The summed E-state index contributed by atoms with van der Waals surface area (Å²) in [5.74, 6) is -1.06. The predicted molar refractivity (Wildman–Crippen MR) is 105 cm³/mol. The molecule has 2 N–H and O–H groups in total. The molecule has 0 radical (unpaired) electrons. The van der Waals surface area contributed by atoms with Crippen LogP contribution in [-0.2, 0) is 25.5 Å². The highest BCUT2D eigenvalue weighted by atomic mass is 16.5. The van der Waals surface area contributed by atoms with Crippen LogP contribution < -0.4 is 15.5 Å². The van der Waals surface area contributed by atoms with E-state index in [-0.39, 0.29) is 18.9 Å². The quantitative estimate of drug-likeness (QED) is 0.732. The van der Waals surface area contributed by atoms with E-state index in [0.29, 0.717) is 11.4 Å². The number of esters is 1. The van der Waals surface area contributed by atoms with Gasteiger partial charge < -0.3 is 20.3 Å². The van der Waals surface area contributed by atoms with Crippen LogP contribution in [0.2, 0.25) is 0 Å². The van der Waals surface area contributed by atoms with Crippen molar-refractivity contribution in [3.63, 3.8) is 0 Å². The van der Waals surface area contributed by atoms with Crippen LogP contribution in [0, 0.1) is 0 Å². The number of hydrogen-bond acceptors (Lipinski definition) is 5. The van der Waals surface area contributed by atoms with E-state index in [1.165, 1.54) is 6.92 Å². The molecule has 7 heteroatoms. The highest BCUT2D eigenvalue weighted by molar-refractivity contribution is 5.93. The van der Waals surface area contributed by atoms with Gasteiger partial charge in [-0.2, -0.15) is 0 Å². The van der Waals surface area contributed by atoms with Gasteiger partial charge in [0.25, 0.3) is 5.91 Å². The second-order valence-electron chi connectivity index (χ2n) is 6.21. The van der Waals surface area contributed by atoms with Crippen molar-refractivity contribution in [1.82, 2.24) is 0 Å². The first-order valence-electron chi connectivity index (χ1n) is 8.43. The number of ether oxygens (including phenoxy) is 1. The van der Waals surface area contributed by atoms with E-state index in [4.69, 9.17) is 4.74 Å². The Morgan fingerprint density at radius 2 is 1.44 bits per heavy atom. The SMILES string of the molecule is CC(=O)Nc1ccc(CC(=O)OCC(=O)Nc2ccc(N(C)C)cc2)cc1. The van der Waals surface area contributed by atoms with E-state index < -0.39 is 11.9 Å². The molecule has 2 rings (SSSR count). The number of anilines is 3. The standard InChI is InChI=1S/C20H23N3O4/c1-14(24)21-16-6-4-15(5-7-16)12-20(26)27-13-19(25)22-17-8-10-18(11-9-17)23(2)3/h4-11H,12-13H2,1-3H3,(H,21,24)(H,22,25). The molecule has 27 heavy (non-hydrogen) atoms. The highest BCUT2D eigenvalue weighted by Crippen LogP contribution is 2.15. The predicted octanol–water partition coefficient (Wildman–Crippen LogP) is 2.44. The molecule has 0 atom stereocenters. The Morgan fingerprint density at radius 1 is 0.889 bits per heavy atom. The van der Waals surface area contributed by atoms with Crippen molar-refractivity contribution in [3.8, 4) is 0 Å². The summed E-state index contributed by atoms with van der Waals surface area (Å²) >= 11 is 0. The van der Waals surface area contributed by atoms with Crippen LogP contribution in [0.15, 0.2) is 48.5 Å². The summed E-state index contributed by atoms with van der Waals surface area (Å²) in [6, 6.07) is 14.2. The maximum absolute atomic E-state index is 11.9. The van der Waals surface area contributed by atoms with Crippen LogP contribution in [0.4, 0.5) is 17.1 Å². The molecule has 2 amide bonds. The molecule has 0 aromatic heterocycles. The molecule has 2 aromatic rings. The third kappa shape index (κ3) is 6.81. The topological polar surface area (TPSA) is 87.7 Å². The van der Waals surface area contributed by atoms with Gasteiger partial charge >= 0.3 is 5.97 Å². The van der Waals surface area contributed by atoms with E-state index in [1.54, 1.807) is 36.4 Å². The minimum atomic E-state index is -0.500. The van der Waals surface area contributed by atoms with Gasteiger partial charge in [-0.25, -0.2) is 0 Å². The van der Waals surface area contributed by atoms with Crippen molar-refractivity contribution in [2.75, 3.05) is 36.2 Å². The van der Waals surface area contributed by atoms with Gasteiger partial charge in [0.05, 0.1) is 6.42 Å². The third-order valence-electron chi connectivity index (χ3n) is 3.65. The van der Waals surface area contributed by atoms with Crippen molar-refractivity contribution < 1.29 is 19.1 Å². The van der Waals surface area contributed by atoms with Gasteiger partial charge in [-0.3, -0.25) is 14.4 Å². The molecule has 142 valence electrons. The summed E-state index contributed by atoms with van der Waals surface area (Å²) in [5, 5.41) is 5.33. The maximum Gasteiger partial charge on any atom is 0.310 e. The molecule has 0 saturated carbocycles. The van der Waals surface area contributed by atoms with Crippen molar-refractivity contribution >= 4 is 34.8 Å². The lowest BCUT2D eigenvalue weighted by molar-refractivity contribution is -0.146. The molecule has 0 fully saturated rings. The molecule has 7 nitrogen and oxygen atoms in total. The smallest absolute Gasteiger partial charge is 0.310 e. The van der Waals surface area contributed by atoms with Crippen molar-refractivity contribution in [2.45, 2.75) is 13.3 Å². The van der Waals surface area contributed by atoms with Crippen LogP contribution in [0.25, 0.3) is 0 Å². The molecule has 0 spiro atoms. The fourth-order valence-electron chi connectivity index (χ4n) is 2.31. The number of amides is 2. The molecule has 0 aliphatic heterocycles. The fraction of sp³-hybridized carbons (Fsp3) is 0.250. The first-order valence-corrected chi connectivity index (χ1v) is 8.43. The Bertz CT molecular complexity index is 799. The molecule has 0 aliphatic rings. The Morgan fingerprint density at radius 3 is 2.00 bits per heavy atom. The molecular weight excluding hydrogens is 346 g/mol. The van der Waals surface area contributed by atoms with Gasteiger partial charge in [0.15, 0.2) is 6.61 Å². The second kappa shape index (κ2) is 9.38. The van der Waals surface area contributed by atoms with Gasteiger partial charge in [-0.05, 0) is 42.0 Å². The Kier molecular flexibility index (Phi) is 6.93. The number of hydrogen-bond donors (Lipinski definition) is 2. The lowest BCUT2D eigenvalue weighted by Crippen LogP contribution is -2.21. The van der Waals surface area contributed by atoms with Gasteiger partial charge in [0.2, 0.25) is 5.91 Å². The van der Waals surface area contributed by atoms with Crippen LogP contribution in [-0.4, -0.2) is 38.5 Å². The number of benzene rings is 2. The Hall–Kier alpha value is -3.35. The van der Waals surface area contributed by atoms with Crippen LogP contribution in [0.5, 0.6) is 0 Å². The number of carbonyl (C=O) groups excluding carboxylic acids is 3. The summed E-state index contributed by atoms with van der Waals surface area (Å²) in [5.41, 5.74) is 3.03. The lowest BCUT2D eigenvalue weighted by Gasteiger charge is -2.13. The van der Waals surface area contributed by atoms with E-state index in [1.807, 2.05) is 31.1 Å². The molecule has 0 saturated heterocycles. The summed E-state index contributed by atoms with van der Waals surface area (Å²) < 4.78 is 5.01. The maximum atomic E-state index is 11.9. The first-order chi connectivity index (χ1) is 12.8. The lowest BCUT2D eigenvalue weighted by atomic mass is 10.1. The molecular formula is C20H23N3O4. The second-order valence-corrected chi connectivity index (χ2v) is 6.21. The first kappa shape index (κ1) is 20.0. The van der Waals surface area contributed by atoms with E-state index in [0.717, 1.165) is 11.3 Å². The monoisotopic (exact) mass is 369 g/mol. The van der Waals surface area contributed by atoms with Crippen molar-refractivity contribution in [1.29, 1.82) is 0 Å². The summed E-state index contributed by atoms with van der Waals surface area (Å²) in [7, 11) is 3.86. The number of nitrogens with one attached hydrogen (secondary N) is 2. The normalized spacial score (nSPS) is 10.0. The zero-order chi connectivity index (χ0) is 19.8. The van der Waals surface area contributed by atoms with Gasteiger partial charge in [-0.15, -0.1) is 0 Å². The molecule has 0 bridgehead atoms. The fourth-order valence-corrected chi connectivity index (χ4v) is 2.31. The molecule has 0 unspecified atom stereocenters. The van der Waals surface area contributed by atoms with Crippen LogP contribution >= 0.6 is 0 Å². The summed E-state index contributed by atoms with van der Waals surface area (Å²) in [4.78, 5) is 36.7. The van der Waals surface area contributed by atoms with Crippen LogP contribution in [0.3, 0.4) is 0 Å². The minimum absolute atomic E-state index is 0.0468. The average Bonchev–Trinajstić information content (AvgIpc) is 2.62. The molecule has 0 aliphatic carbocycles. The highest BCUT2D eigenvalue weighted by Gasteiger charge is 2.09. The molecule has 0 heterocycles. The zero-order valence-corrected chi connectivity index (χ0v) is 15.6. The zero-order valence-electron chi connectivity index (χ0n) is 15.6. The Balaban J connectivity index is 1.77. The largest absolute Gasteiger partial charge is 0.455 e. The van der Waals surface area contributed by atoms with E-state index in [2.05, 4.69) is 10.6 Å². The number of nitrogens with zero attached hydrogens (tertiary/aromatic N) is 1. The molecule has 2 aromatic carbocycles. The summed E-state index contributed by atoms with van der Waals surface area (Å²) in [6.07, 6.45) is 0.0468. The number of carbonyl (C=O) groups is 3. The van der Waals surface area contributed by atoms with Crippen molar-refractivity contribution in [3.05, 3.63) is 54.1 Å². The van der Waals surface area contributed by atoms with Gasteiger partial charge in [-0.1, -0.05) is 12.1 Å². The van der Waals surface area contributed by atoms with Crippen LogP contribution in [0.1, 0.15) is 12.5 Å². The van der Waals surface area contributed by atoms with Gasteiger partial charge in [0.1, 0.15) is 0 Å². The van der Waals surface area contributed by atoms with E-state index >= 15 is 0 Å². The van der Waals surface area contributed by atoms with Crippen molar-refractivity contribution in [2.24, 2.45) is 0 Å². The third-order valence-corrected chi connectivity index (χ3v) is 3.65.